The van der Waals surface area contributed by atoms with Crippen molar-refractivity contribution in [2.75, 3.05) is 0 Å². The average molecular weight is 410 g/mol. The molecule has 4 heteroatoms. The molecule has 1 amide bonds. The Hall–Kier alpha value is -2.23. The standard InChI is InChI=1S/C24H24ClNOS/c1-16-4-13-23(17(2)14-16)18(3)26-24(27)20-7-5-19(6-8-20)15-28-22-11-9-21(25)10-12-22/h4-14,18H,15H2,1-3H3,(H,26,27)/t18-/m0/s1. The predicted octanol–water partition coefficient (Wildman–Crippen LogP) is 6.74. The quantitative estimate of drug-likeness (QED) is 0.456. The lowest BCUT2D eigenvalue weighted by Gasteiger charge is -2.17. The van der Waals surface area contributed by atoms with Gasteiger partial charge in [-0.05, 0) is 73.9 Å². The van der Waals surface area contributed by atoms with E-state index in [1.54, 1.807) is 11.8 Å². The second kappa shape index (κ2) is 9.31. The number of carbonyl (C=O) groups is 1. The van der Waals surface area contributed by atoms with Crippen LogP contribution >= 0.6 is 23.4 Å². The maximum absolute atomic E-state index is 12.6. The van der Waals surface area contributed by atoms with E-state index in [4.69, 9.17) is 11.6 Å². The number of aryl methyl sites for hydroxylation is 2. The van der Waals surface area contributed by atoms with Crippen molar-refractivity contribution in [2.24, 2.45) is 0 Å². The molecule has 0 saturated heterocycles. The molecule has 2 nitrogen and oxygen atoms in total. The topological polar surface area (TPSA) is 29.1 Å². The highest BCUT2D eigenvalue weighted by Crippen LogP contribution is 2.24. The number of carbonyl (C=O) groups excluding carboxylic acids is 1. The monoisotopic (exact) mass is 409 g/mol. The summed E-state index contributed by atoms with van der Waals surface area (Å²) in [6.45, 7) is 6.18. The minimum absolute atomic E-state index is 0.0340. The second-order valence-electron chi connectivity index (χ2n) is 6.99. The zero-order chi connectivity index (χ0) is 20.1. The number of nitrogens with one attached hydrogen (secondary N) is 1. The molecule has 3 rings (SSSR count). The smallest absolute Gasteiger partial charge is 0.251 e. The van der Waals surface area contributed by atoms with Gasteiger partial charge in [-0.25, -0.2) is 0 Å². The Morgan fingerprint density at radius 2 is 1.68 bits per heavy atom. The molecule has 0 aliphatic heterocycles. The van der Waals surface area contributed by atoms with Gasteiger partial charge in [-0.3, -0.25) is 4.79 Å². The lowest BCUT2D eigenvalue weighted by atomic mass is 10.00. The van der Waals surface area contributed by atoms with Crippen LogP contribution in [0.3, 0.4) is 0 Å². The van der Waals surface area contributed by atoms with E-state index in [1.807, 2.05) is 55.5 Å². The number of benzene rings is 3. The largest absolute Gasteiger partial charge is 0.346 e. The SMILES string of the molecule is Cc1ccc([C@H](C)NC(=O)c2ccc(CSc3ccc(Cl)cc3)cc2)c(C)c1. The van der Waals surface area contributed by atoms with Crippen LogP contribution in [0.2, 0.25) is 5.02 Å². The predicted molar refractivity (Wildman–Crippen MR) is 119 cm³/mol. The molecule has 3 aromatic rings. The van der Waals surface area contributed by atoms with Gasteiger partial charge in [-0.2, -0.15) is 0 Å². The summed E-state index contributed by atoms with van der Waals surface area (Å²) in [5.74, 6) is 0.798. The Kier molecular flexibility index (Phi) is 6.82. The zero-order valence-corrected chi connectivity index (χ0v) is 17.9. The highest BCUT2D eigenvalue weighted by atomic mass is 35.5. The van der Waals surface area contributed by atoms with Crippen molar-refractivity contribution in [2.45, 2.75) is 37.5 Å². The molecule has 3 aromatic carbocycles. The molecular formula is C24H24ClNOS. The van der Waals surface area contributed by atoms with Crippen LogP contribution in [0.5, 0.6) is 0 Å². The first-order chi connectivity index (χ1) is 13.4. The van der Waals surface area contributed by atoms with Gasteiger partial charge in [0, 0.05) is 21.2 Å². The van der Waals surface area contributed by atoms with Crippen molar-refractivity contribution in [1.82, 2.24) is 5.32 Å². The fraction of sp³-hybridized carbons (Fsp3) is 0.208. The van der Waals surface area contributed by atoms with Crippen molar-refractivity contribution in [3.05, 3.63) is 99.6 Å². The van der Waals surface area contributed by atoms with Crippen LogP contribution in [0.1, 0.15) is 45.6 Å². The fourth-order valence-electron chi connectivity index (χ4n) is 3.12. The van der Waals surface area contributed by atoms with E-state index in [9.17, 15) is 4.79 Å². The van der Waals surface area contributed by atoms with Crippen molar-refractivity contribution in [3.63, 3.8) is 0 Å². The molecule has 0 bridgehead atoms. The molecule has 0 unspecified atom stereocenters. The molecule has 1 N–H and O–H groups in total. The third-order valence-electron chi connectivity index (χ3n) is 4.67. The first-order valence-corrected chi connectivity index (χ1v) is 10.6. The van der Waals surface area contributed by atoms with Gasteiger partial charge in [0.15, 0.2) is 0 Å². The molecule has 0 heterocycles. The summed E-state index contributed by atoms with van der Waals surface area (Å²) in [6.07, 6.45) is 0. The number of hydrogen-bond acceptors (Lipinski definition) is 2. The summed E-state index contributed by atoms with van der Waals surface area (Å²) in [5, 5.41) is 3.84. The van der Waals surface area contributed by atoms with Crippen LogP contribution in [0.15, 0.2) is 71.6 Å². The van der Waals surface area contributed by atoms with Crippen LogP contribution in [0, 0.1) is 13.8 Å². The van der Waals surface area contributed by atoms with Gasteiger partial charge in [0.05, 0.1) is 6.04 Å². The molecular weight excluding hydrogens is 386 g/mol. The number of rotatable bonds is 6. The van der Waals surface area contributed by atoms with E-state index in [1.165, 1.54) is 21.6 Å². The van der Waals surface area contributed by atoms with Crippen molar-refractivity contribution >= 4 is 29.3 Å². The van der Waals surface area contributed by atoms with E-state index in [0.717, 1.165) is 16.3 Å². The van der Waals surface area contributed by atoms with E-state index in [-0.39, 0.29) is 11.9 Å². The molecule has 0 saturated carbocycles. The van der Waals surface area contributed by atoms with Crippen LogP contribution in [-0.2, 0) is 5.75 Å². The summed E-state index contributed by atoms with van der Waals surface area (Å²) in [7, 11) is 0. The third kappa shape index (κ3) is 5.40. The molecule has 0 radical (unpaired) electrons. The highest BCUT2D eigenvalue weighted by molar-refractivity contribution is 7.98. The molecule has 0 spiro atoms. The van der Waals surface area contributed by atoms with Gasteiger partial charge < -0.3 is 5.32 Å². The third-order valence-corrected chi connectivity index (χ3v) is 6.01. The van der Waals surface area contributed by atoms with Crippen LogP contribution in [0.4, 0.5) is 0 Å². The van der Waals surface area contributed by atoms with E-state index < -0.39 is 0 Å². The van der Waals surface area contributed by atoms with Crippen molar-refractivity contribution < 1.29 is 4.79 Å². The lowest BCUT2D eigenvalue weighted by molar-refractivity contribution is 0.0940. The second-order valence-corrected chi connectivity index (χ2v) is 8.48. The van der Waals surface area contributed by atoms with Gasteiger partial charge in [0.1, 0.15) is 0 Å². The first kappa shape index (κ1) is 20.5. The summed E-state index contributed by atoms with van der Waals surface area (Å²) < 4.78 is 0. The summed E-state index contributed by atoms with van der Waals surface area (Å²) in [4.78, 5) is 13.8. The number of halogens is 1. The zero-order valence-electron chi connectivity index (χ0n) is 16.3. The molecule has 0 fully saturated rings. The summed E-state index contributed by atoms with van der Waals surface area (Å²) in [5.41, 5.74) is 5.43. The number of thioether (sulfide) groups is 1. The fourth-order valence-corrected chi connectivity index (χ4v) is 4.10. The van der Waals surface area contributed by atoms with Gasteiger partial charge in [-0.1, -0.05) is 47.5 Å². The lowest BCUT2D eigenvalue weighted by Crippen LogP contribution is -2.27. The Balaban J connectivity index is 1.59. The Labute approximate surface area is 176 Å². The van der Waals surface area contributed by atoms with E-state index >= 15 is 0 Å². The summed E-state index contributed by atoms with van der Waals surface area (Å²) in [6, 6.07) is 21.9. The van der Waals surface area contributed by atoms with Gasteiger partial charge in [-0.15, -0.1) is 11.8 Å². The van der Waals surface area contributed by atoms with E-state index in [2.05, 4.69) is 37.4 Å². The minimum Gasteiger partial charge on any atom is -0.346 e. The Morgan fingerprint density at radius 1 is 1.00 bits per heavy atom. The highest BCUT2D eigenvalue weighted by Gasteiger charge is 2.13. The average Bonchev–Trinajstić information content (AvgIpc) is 2.67. The van der Waals surface area contributed by atoms with E-state index in [0.29, 0.717) is 5.56 Å². The van der Waals surface area contributed by atoms with Crippen LogP contribution in [-0.4, -0.2) is 5.91 Å². The minimum atomic E-state index is -0.0515. The van der Waals surface area contributed by atoms with Crippen molar-refractivity contribution in [1.29, 1.82) is 0 Å². The molecule has 28 heavy (non-hydrogen) atoms. The van der Waals surface area contributed by atoms with Gasteiger partial charge in [0.25, 0.3) is 5.91 Å². The van der Waals surface area contributed by atoms with Crippen molar-refractivity contribution in [3.8, 4) is 0 Å². The molecule has 0 aliphatic carbocycles. The molecule has 0 aromatic heterocycles. The maximum Gasteiger partial charge on any atom is 0.251 e. The number of amides is 1. The van der Waals surface area contributed by atoms with Gasteiger partial charge in [0.2, 0.25) is 0 Å². The first-order valence-electron chi connectivity index (χ1n) is 9.27. The Morgan fingerprint density at radius 3 is 2.32 bits per heavy atom. The van der Waals surface area contributed by atoms with Gasteiger partial charge >= 0.3 is 0 Å². The van der Waals surface area contributed by atoms with Crippen LogP contribution < -0.4 is 5.32 Å². The van der Waals surface area contributed by atoms with Crippen LogP contribution in [0.25, 0.3) is 0 Å². The maximum atomic E-state index is 12.6. The Bertz CT molecular complexity index is 951. The summed E-state index contributed by atoms with van der Waals surface area (Å²) >= 11 is 7.67. The molecule has 144 valence electrons. The molecule has 0 aliphatic rings. The number of hydrogen-bond donors (Lipinski definition) is 1. The normalized spacial score (nSPS) is 11.9. The molecule has 1 atom stereocenters.